The summed E-state index contributed by atoms with van der Waals surface area (Å²) in [7, 11) is 0. The van der Waals surface area contributed by atoms with Crippen molar-refractivity contribution in [2.75, 3.05) is 13.2 Å². The highest BCUT2D eigenvalue weighted by molar-refractivity contribution is 6.02. The normalized spacial score (nSPS) is 10.4. The Bertz CT molecular complexity index is 617. The Morgan fingerprint density at radius 3 is 1.43 bits per heavy atom. The lowest BCUT2D eigenvalue weighted by Gasteiger charge is -2.10. The fourth-order valence-electron chi connectivity index (χ4n) is 2.60. The van der Waals surface area contributed by atoms with E-state index in [0.29, 0.717) is 12.8 Å². The minimum atomic E-state index is -0.782. The number of carbonyl (C=O) groups is 2. The van der Waals surface area contributed by atoms with Crippen LogP contribution in [0.5, 0.6) is 0 Å². The smallest absolute Gasteiger partial charge is 0.340 e. The first-order chi connectivity index (χ1) is 13.6. The van der Waals surface area contributed by atoms with E-state index in [9.17, 15) is 19.4 Å². The maximum Gasteiger partial charge on any atom is 0.340 e. The topological polar surface area (TPSA) is 111 Å². The van der Waals surface area contributed by atoms with Crippen LogP contribution in [-0.2, 0) is 9.47 Å². The lowest BCUT2D eigenvalue weighted by Crippen LogP contribution is -2.10. The second-order valence-electron chi connectivity index (χ2n) is 6.46. The van der Waals surface area contributed by atoms with Gasteiger partial charge >= 0.3 is 11.9 Å². The quantitative estimate of drug-likeness (QED) is 0.219. The van der Waals surface area contributed by atoms with E-state index >= 15 is 0 Å². The number of nitrogens with zero attached hydrogens (tertiary/aromatic N) is 2. The second-order valence-corrected chi connectivity index (χ2v) is 6.46. The summed E-state index contributed by atoms with van der Waals surface area (Å²) in [4.78, 5) is 46.7. The third-order valence-corrected chi connectivity index (χ3v) is 4.21. The number of rotatable bonds is 14. The van der Waals surface area contributed by atoms with Gasteiger partial charge < -0.3 is 9.47 Å². The van der Waals surface area contributed by atoms with Crippen LogP contribution in [0.25, 0.3) is 0 Å². The number of hydrogen-bond donors (Lipinski definition) is 0. The van der Waals surface area contributed by atoms with E-state index in [4.69, 9.17) is 9.47 Å². The number of nitroso groups, excluding NO2 is 2. The van der Waals surface area contributed by atoms with Crippen LogP contribution in [-0.4, -0.2) is 25.2 Å². The molecule has 0 unspecified atom stereocenters. The third kappa shape index (κ3) is 7.54. The minimum absolute atomic E-state index is 0.195. The van der Waals surface area contributed by atoms with Gasteiger partial charge in [0.05, 0.1) is 24.3 Å². The molecule has 0 saturated heterocycles. The van der Waals surface area contributed by atoms with Crippen molar-refractivity contribution in [3.63, 3.8) is 0 Å². The Hall–Kier alpha value is -2.64. The molecule has 0 N–H and O–H groups in total. The number of benzene rings is 1. The van der Waals surface area contributed by atoms with Crippen LogP contribution in [0, 0.1) is 9.81 Å². The van der Waals surface area contributed by atoms with Crippen molar-refractivity contribution >= 4 is 23.3 Å². The summed E-state index contributed by atoms with van der Waals surface area (Å²) in [6, 6.07) is 2.09. The summed E-state index contributed by atoms with van der Waals surface area (Å²) in [6.07, 6.45) is 7.42. The molecular weight excluding hydrogens is 364 g/mol. The Morgan fingerprint density at radius 1 is 0.714 bits per heavy atom. The van der Waals surface area contributed by atoms with Gasteiger partial charge in [-0.3, -0.25) is 0 Å². The van der Waals surface area contributed by atoms with Crippen LogP contribution in [0.2, 0.25) is 0 Å². The van der Waals surface area contributed by atoms with Crippen LogP contribution < -0.4 is 0 Å². The van der Waals surface area contributed by atoms with E-state index in [1.54, 1.807) is 0 Å². The van der Waals surface area contributed by atoms with Gasteiger partial charge in [-0.1, -0.05) is 52.4 Å². The van der Waals surface area contributed by atoms with E-state index in [0.717, 1.165) is 50.7 Å². The zero-order valence-electron chi connectivity index (χ0n) is 16.6. The van der Waals surface area contributed by atoms with Crippen LogP contribution in [0.1, 0.15) is 85.9 Å². The fourth-order valence-corrected chi connectivity index (χ4v) is 2.60. The molecule has 0 atom stereocenters. The van der Waals surface area contributed by atoms with Crippen molar-refractivity contribution < 1.29 is 19.1 Å². The molecule has 0 amide bonds. The summed E-state index contributed by atoms with van der Waals surface area (Å²) in [5, 5.41) is 5.57. The van der Waals surface area contributed by atoms with Gasteiger partial charge in [0, 0.05) is 0 Å². The van der Waals surface area contributed by atoms with E-state index < -0.39 is 11.9 Å². The molecule has 1 aromatic carbocycles. The molecule has 0 saturated carbocycles. The van der Waals surface area contributed by atoms with Crippen molar-refractivity contribution in [2.45, 2.75) is 65.2 Å². The first kappa shape index (κ1) is 23.4. The molecule has 28 heavy (non-hydrogen) atoms. The summed E-state index contributed by atoms with van der Waals surface area (Å²) in [6.45, 7) is 4.53. The highest BCUT2D eigenvalue weighted by Crippen LogP contribution is 2.30. The number of unbranched alkanes of at least 4 members (excludes halogenated alkanes) is 6. The average Bonchev–Trinajstić information content (AvgIpc) is 2.72. The molecule has 8 heteroatoms. The Labute approximate surface area is 164 Å². The van der Waals surface area contributed by atoms with Crippen molar-refractivity contribution in [3.8, 4) is 0 Å². The van der Waals surface area contributed by atoms with Gasteiger partial charge in [0.1, 0.15) is 11.4 Å². The lowest BCUT2D eigenvalue weighted by atomic mass is 10.1. The zero-order valence-corrected chi connectivity index (χ0v) is 16.6. The molecule has 0 aromatic heterocycles. The van der Waals surface area contributed by atoms with Crippen molar-refractivity contribution in [2.24, 2.45) is 10.4 Å². The highest BCUT2D eigenvalue weighted by Gasteiger charge is 2.22. The van der Waals surface area contributed by atoms with Crippen molar-refractivity contribution in [3.05, 3.63) is 33.1 Å². The monoisotopic (exact) mass is 392 g/mol. The predicted molar refractivity (Wildman–Crippen MR) is 106 cm³/mol. The highest BCUT2D eigenvalue weighted by atomic mass is 16.5. The van der Waals surface area contributed by atoms with Gasteiger partial charge in [-0.15, -0.1) is 9.81 Å². The third-order valence-electron chi connectivity index (χ3n) is 4.21. The number of carbonyl (C=O) groups excluding carboxylic acids is 2. The SMILES string of the molecule is CCCCCCOC(=O)c1cc(N=O)c(C(=O)OCCCCCC)cc1N=O. The molecule has 0 heterocycles. The minimum Gasteiger partial charge on any atom is -0.462 e. The summed E-state index contributed by atoms with van der Waals surface area (Å²) < 4.78 is 10.2. The Balaban J connectivity index is 2.83. The molecule has 0 fully saturated rings. The van der Waals surface area contributed by atoms with E-state index in [-0.39, 0.29) is 35.7 Å². The maximum atomic E-state index is 12.2. The van der Waals surface area contributed by atoms with E-state index in [1.807, 2.05) is 0 Å². The van der Waals surface area contributed by atoms with Gasteiger partial charge in [0.15, 0.2) is 0 Å². The van der Waals surface area contributed by atoms with Crippen LogP contribution in [0.15, 0.2) is 22.5 Å². The van der Waals surface area contributed by atoms with Crippen LogP contribution >= 0.6 is 0 Å². The molecule has 1 rings (SSSR count). The largest absolute Gasteiger partial charge is 0.462 e. The molecule has 8 nitrogen and oxygen atoms in total. The lowest BCUT2D eigenvalue weighted by molar-refractivity contribution is 0.0484. The zero-order chi connectivity index (χ0) is 20.8. The second kappa shape index (κ2) is 13.5. The van der Waals surface area contributed by atoms with Crippen LogP contribution in [0.3, 0.4) is 0 Å². The Morgan fingerprint density at radius 2 is 1.11 bits per heavy atom. The maximum absolute atomic E-state index is 12.2. The molecule has 1 aromatic rings. The predicted octanol–water partition coefficient (Wildman–Crippen LogP) is 5.96. The first-order valence-corrected chi connectivity index (χ1v) is 9.78. The molecule has 0 spiro atoms. The van der Waals surface area contributed by atoms with Gasteiger partial charge in [-0.05, 0) is 35.3 Å². The van der Waals surface area contributed by atoms with Gasteiger partial charge in [0.2, 0.25) is 0 Å². The fraction of sp³-hybridized carbons (Fsp3) is 0.600. The standard InChI is InChI=1S/C20H28N2O6/c1-3-5-7-9-11-27-19(23)15-13-18(22-26)16(14-17(15)21-25)20(24)28-12-10-8-6-4-2/h13-14H,3-12H2,1-2H3. The summed E-state index contributed by atoms with van der Waals surface area (Å²) in [5.41, 5.74) is -0.966. The number of hydrogen-bond acceptors (Lipinski definition) is 8. The molecule has 0 aliphatic rings. The summed E-state index contributed by atoms with van der Waals surface area (Å²) in [5.74, 6) is -1.56. The summed E-state index contributed by atoms with van der Waals surface area (Å²) >= 11 is 0. The van der Waals surface area contributed by atoms with Crippen molar-refractivity contribution in [1.82, 2.24) is 0 Å². The number of ether oxygens (including phenoxy) is 2. The number of esters is 2. The van der Waals surface area contributed by atoms with E-state index in [1.165, 1.54) is 0 Å². The average molecular weight is 392 g/mol. The van der Waals surface area contributed by atoms with Gasteiger partial charge in [-0.25, -0.2) is 9.59 Å². The van der Waals surface area contributed by atoms with Crippen molar-refractivity contribution in [1.29, 1.82) is 0 Å². The van der Waals surface area contributed by atoms with Gasteiger partial charge in [0.25, 0.3) is 0 Å². The molecule has 154 valence electrons. The molecule has 0 aliphatic carbocycles. The van der Waals surface area contributed by atoms with Gasteiger partial charge in [-0.2, -0.15) is 0 Å². The molecule has 0 aliphatic heterocycles. The van der Waals surface area contributed by atoms with Crippen LogP contribution in [0.4, 0.5) is 11.4 Å². The molecule has 0 bridgehead atoms. The molecular formula is C20H28N2O6. The van der Waals surface area contributed by atoms with E-state index in [2.05, 4.69) is 24.2 Å². The first-order valence-electron chi connectivity index (χ1n) is 9.78. The molecule has 0 radical (unpaired) electrons. The Kier molecular flexibility index (Phi) is 11.3.